The summed E-state index contributed by atoms with van der Waals surface area (Å²) < 4.78 is 10.4. The molecule has 3 N–H and O–H groups in total. The van der Waals surface area contributed by atoms with Crippen LogP contribution in [0.1, 0.15) is 30.6 Å². The molecule has 0 radical (unpaired) electrons. The molecule has 6 nitrogen and oxygen atoms in total. The maximum atomic E-state index is 11.7. The number of nitrogens with two attached hydrogens (primary N) is 1. The number of nitrogens with one attached hydrogen (secondary N) is 1. The molecule has 0 aliphatic heterocycles. The number of benzene rings is 1. The van der Waals surface area contributed by atoms with Crippen molar-refractivity contribution in [2.24, 2.45) is 5.73 Å². The van der Waals surface area contributed by atoms with Crippen LogP contribution in [0.25, 0.3) is 0 Å². The fourth-order valence-electron chi connectivity index (χ4n) is 1.59. The minimum absolute atomic E-state index is 0.197. The predicted octanol–water partition coefficient (Wildman–Crippen LogP) is 1.55. The third-order valence-corrected chi connectivity index (χ3v) is 2.44. The van der Waals surface area contributed by atoms with Crippen molar-refractivity contribution in [3.63, 3.8) is 0 Å². The van der Waals surface area contributed by atoms with Crippen LogP contribution in [0.15, 0.2) is 18.2 Å². The molecule has 20 heavy (non-hydrogen) atoms. The Morgan fingerprint density at radius 3 is 2.60 bits per heavy atom. The highest BCUT2D eigenvalue weighted by molar-refractivity contribution is 5.95. The standard InChI is InChI=1S/C14H20N2O4/c1-3-19-12-9-10(14(18)20-4-2)5-6-11(12)16-13(17)7-8-15/h5-6,9H,3-4,7-8,15H2,1-2H3,(H,16,17). The highest BCUT2D eigenvalue weighted by atomic mass is 16.5. The normalized spacial score (nSPS) is 9.95. The van der Waals surface area contributed by atoms with Crippen molar-refractivity contribution in [2.75, 3.05) is 25.1 Å². The van der Waals surface area contributed by atoms with Crippen LogP contribution in [0.2, 0.25) is 0 Å². The van der Waals surface area contributed by atoms with Gasteiger partial charge in [-0.05, 0) is 32.0 Å². The Bertz CT molecular complexity index is 474. The van der Waals surface area contributed by atoms with Gasteiger partial charge in [0, 0.05) is 13.0 Å². The maximum absolute atomic E-state index is 11.7. The molecule has 6 heteroatoms. The molecule has 1 aromatic carbocycles. The van der Waals surface area contributed by atoms with Crippen LogP contribution in [-0.2, 0) is 9.53 Å². The van der Waals surface area contributed by atoms with E-state index in [1.165, 1.54) is 0 Å². The van der Waals surface area contributed by atoms with E-state index in [4.69, 9.17) is 15.2 Å². The number of anilines is 1. The van der Waals surface area contributed by atoms with E-state index in [0.29, 0.717) is 30.2 Å². The van der Waals surface area contributed by atoms with Crippen LogP contribution >= 0.6 is 0 Å². The van der Waals surface area contributed by atoms with Gasteiger partial charge in [0.2, 0.25) is 5.91 Å². The molecule has 0 spiro atoms. The first-order valence-electron chi connectivity index (χ1n) is 6.56. The van der Waals surface area contributed by atoms with Gasteiger partial charge in [-0.2, -0.15) is 0 Å². The molecule has 0 aromatic heterocycles. The molecular weight excluding hydrogens is 260 g/mol. The average Bonchev–Trinajstić information content (AvgIpc) is 2.41. The Morgan fingerprint density at radius 2 is 2.00 bits per heavy atom. The molecule has 0 atom stereocenters. The summed E-state index contributed by atoms with van der Waals surface area (Å²) in [6, 6.07) is 4.75. The van der Waals surface area contributed by atoms with Crippen molar-refractivity contribution in [3.05, 3.63) is 23.8 Å². The Kier molecular flexibility index (Phi) is 6.52. The van der Waals surface area contributed by atoms with Gasteiger partial charge >= 0.3 is 5.97 Å². The molecule has 0 unspecified atom stereocenters. The van der Waals surface area contributed by atoms with Gasteiger partial charge in [-0.25, -0.2) is 4.79 Å². The number of rotatable bonds is 7. The molecule has 0 fully saturated rings. The van der Waals surface area contributed by atoms with Crippen molar-refractivity contribution >= 4 is 17.6 Å². The number of hydrogen-bond donors (Lipinski definition) is 2. The van der Waals surface area contributed by atoms with Gasteiger partial charge in [-0.15, -0.1) is 0 Å². The molecule has 1 aromatic rings. The molecule has 0 heterocycles. The lowest BCUT2D eigenvalue weighted by atomic mass is 10.2. The number of esters is 1. The summed E-state index contributed by atoms with van der Waals surface area (Å²) in [6.07, 6.45) is 0.227. The lowest BCUT2D eigenvalue weighted by Gasteiger charge is -2.12. The van der Waals surface area contributed by atoms with E-state index in [9.17, 15) is 9.59 Å². The summed E-state index contributed by atoms with van der Waals surface area (Å²) >= 11 is 0. The molecule has 0 aliphatic carbocycles. The SMILES string of the molecule is CCOC(=O)c1ccc(NC(=O)CCN)c(OCC)c1. The average molecular weight is 280 g/mol. The minimum Gasteiger partial charge on any atom is -0.492 e. The van der Waals surface area contributed by atoms with Crippen molar-refractivity contribution in [1.82, 2.24) is 0 Å². The van der Waals surface area contributed by atoms with Crippen molar-refractivity contribution < 1.29 is 19.1 Å². The second kappa shape index (κ2) is 8.16. The maximum Gasteiger partial charge on any atom is 0.338 e. The molecule has 0 aliphatic rings. The van der Waals surface area contributed by atoms with Crippen molar-refractivity contribution in [1.29, 1.82) is 0 Å². The molecular formula is C14H20N2O4. The van der Waals surface area contributed by atoms with Crippen molar-refractivity contribution in [3.8, 4) is 5.75 Å². The summed E-state index contributed by atoms with van der Waals surface area (Å²) in [7, 11) is 0. The van der Waals surface area contributed by atoms with Gasteiger partial charge in [0.15, 0.2) is 0 Å². The third-order valence-electron chi connectivity index (χ3n) is 2.44. The number of hydrogen-bond acceptors (Lipinski definition) is 5. The van der Waals surface area contributed by atoms with Crippen molar-refractivity contribution in [2.45, 2.75) is 20.3 Å². The van der Waals surface area contributed by atoms with Gasteiger partial charge in [0.1, 0.15) is 5.75 Å². The number of ether oxygens (including phenoxy) is 2. The lowest BCUT2D eigenvalue weighted by Crippen LogP contribution is -2.17. The van der Waals surface area contributed by atoms with Crippen LogP contribution in [0, 0.1) is 0 Å². The first-order valence-corrected chi connectivity index (χ1v) is 6.56. The third kappa shape index (κ3) is 4.55. The van der Waals surface area contributed by atoms with Crippen LogP contribution < -0.4 is 15.8 Å². The van der Waals surface area contributed by atoms with Gasteiger partial charge < -0.3 is 20.5 Å². The van der Waals surface area contributed by atoms with Crippen LogP contribution in [0.4, 0.5) is 5.69 Å². The summed E-state index contributed by atoms with van der Waals surface area (Å²) in [4.78, 5) is 23.2. The zero-order valence-corrected chi connectivity index (χ0v) is 11.8. The number of carbonyl (C=O) groups is 2. The first kappa shape index (κ1) is 16.0. The first-order chi connectivity index (χ1) is 9.62. The van der Waals surface area contributed by atoms with Crippen LogP contribution in [-0.4, -0.2) is 31.6 Å². The van der Waals surface area contributed by atoms with Crippen LogP contribution in [0.5, 0.6) is 5.75 Å². The predicted molar refractivity (Wildman–Crippen MR) is 75.9 cm³/mol. The monoisotopic (exact) mass is 280 g/mol. The molecule has 0 bridgehead atoms. The van der Waals surface area contributed by atoms with E-state index in [1.807, 2.05) is 6.92 Å². The number of carbonyl (C=O) groups excluding carboxylic acids is 2. The molecule has 110 valence electrons. The van der Waals surface area contributed by atoms with Gasteiger partial charge in [0.25, 0.3) is 0 Å². The van der Waals surface area contributed by atoms with E-state index in [-0.39, 0.29) is 18.9 Å². The molecule has 0 saturated carbocycles. The van der Waals surface area contributed by atoms with Gasteiger partial charge in [0.05, 0.1) is 24.5 Å². The lowest BCUT2D eigenvalue weighted by molar-refractivity contribution is -0.116. The summed E-state index contributed by atoms with van der Waals surface area (Å²) in [6.45, 7) is 4.56. The summed E-state index contributed by atoms with van der Waals surface area (Å²) in [5.74, 6) is -0.186. The zero-order valence-electron chi connectivity index (χ0n) is 11.8. The quantitative estimate of drug-likeness (QED) is 0.739. The van der Waals surface area contributed by atoms with E-state index in [1.54, 1.807) is 25.1 Å². The number of amides is 1. The highest BCUT2D eigenvalue weighted by Crippen LogP contribution is 2.26. The summed E-state index contributed by atoms with van der Waals surface area (Å²) in [5, 5.41) is 2.70. The highest BCUT2D eigenvalue weighted by Gasteiger charge is 2.13. The Balaban J connectivity index is 2.95. The van der Waals surface area contributed by atoms with E-state index in [2.05, 4.69) is 5.32 Å². The largest absolute Gasteiger partial charge is 0.492 e. The smallest absolute Gasteiger partial charge is 0.338 e. The van der Waals surface area contributed by atoms with Gasteiger partial charge in [-0.3, -0.25) is 4.79 Å². The summed E-state index contributed by atoms with van der Waals surface area (Å²) in [5.41, 5.74) is 6.22. The second-order valence-corrected chi connectivity index (χ2v) is 3.95. The molecule has 0 saturated heterocycles. The van der Waals surface area contributed by atoms with E-state index >= 15 is 0 Å². The molecule has 1 amide bonds. The fourth-order valence-corrected chi connectivity index (χ4v) is 1.59. The minimum atomic E-state index is -0.423. The van der Waals surface area contributed by atoms with E-state index in [0.717, 1.165) is 0 Å². The Hall–Kier alpha value is -2.08. The van der Waals surface area contributed by atoms with Gasteiger partial charge in [-0.1, -0.05) is 0 Å². The van der Waals surface area contributed by atoms with Crippen LogP contribution in [0.3, 0.4) is 0 Å². The Morgan fingerprint density at radius 1 is 1.25 bits per heavy atom. The van der Waals surface area contributed by atoms with E-state index < -0.39 is 5.97 Å². The molecule has 1 rings (SSSR count). The zero-order chi connectivity index (χ0) is 15.0. The Labute approximate surface area is 118 Å². The fraction of sp³-hybridized carbons (Fsp3) is 0.429. The second-order valence-electron chi connectivity index (χ2n) is 3.95. The topological polar surface area (TPSA) is 90.7 Å².